The standard InChI is InChI=1S/C14H20N2O3S2/c1-3-12-9-16(6-7-19-12)21(17,18)13-5-4-11(14(15)20)8-10(13)2/h4-5,8,12H,3,6-7,9H2,1-2H3,(H2,15,20). The second-order valence-corrected chi connectivity index (χ2v) is 7.45. The highest BCUT2D eigenvalue weighted by Gasteiger charge is 2.31. The Morgan fingerprint density at radius 3 is 2.81 bits per heavy atom. The van der Waals surface area contributed by atoms with E-state index >= 15 is 0 Å². The van der Waals surface area contributed by atoms with Crippen LogP contribution in [0.25, 0.3) is 0 Å². The molecule has 1 heterocycles. The number of morpholine rings is 1. The molecule has 0 saturated carbocycles. The predicted molar refractivity (Wildman–Crippen MR) is 85.9 cm³/mol. The number of benzene rings is 1. The lowest BCUT2D eigenvalue weighted by atomic mass is 10.1. The third-order valence-corrected chi connectivity index (χ3v) is 5.90. The highest BCUT2D eigenvalue weighted by Crippen LogP contribution is 2.23. The highest BCUT2D eigenvalue weighted by atomic mass is 32.2. The van der Waals surface area contributed by atoms with Crippen molar-refractivity contribution in [1.82, 2.24) is 4.31 Å². The first-order valence-electron chi connectivity index (χ1n) is 6.88. The fourth-order valence-corrected chi connectivity index (χ4v) is 4.18. The van der Waals surface area contributed by atoms with Crippen molar-refractivity contribution in [2.75, 3.05) is 19.7 Å². The van der Waals surface area contributed by atoms with Gasteiger partial charge in [-0.2, -0.15) is 4.31 Å². The van der Waals surface area contributed by atoms with Crippen molar-refractivity contribution in [1.29, 1.82) is 0 Å². The van der Waals surface area contributed by atoms with Crippen LogP contribution in [0.2, 0.25) is 0 Å². The molecule has 5 nitrogen and oxygen atoms in total. The summed E-state index contributed by atoms with van der Waals surface area (Å²) in [5, 5.41) is 0. The molecular formula is C14H20N2O3S2. The van der Waals surface area contributed by atoms with Crippen LogP contribution in [0.4, 0.5) is 0 Å². The van der Waals surface area contributed by atoms with Gasteiger partial charge in [0.1, 0.15) is 4.99 Å². The summed E-state index contributed by atoms with van der Waals surface area (Å²) >= 11 is 4.92. The molecule has 1 aliphatic heterocycles. The summed E-state index contributed by atoms with van der Waals surface area (Å²) < 4.78 is 32.5. The lowest BCUT2D eigenvalue weighted by Crippen LogP contribution is -2.45. The summed E-state index contributed by atoms with van der Waals surface area (Å²) in [5.74, 6) is 0. The molecule has 1 unspecified atom stereocenters. The molecule has 7 heteroatoms. The average Bonchev–Trinajstić information content (AvgIpc) is 2.46. The summed E-state index contributed by atoms with van der Waals surface area (Å²) in [4.78, 5) is 0.568. The molecule has 0 amide bonds. The molecule has 1 saturated heterocycles. The molecule has 1 aromatic carbocycles. The fourth-order valence-electron chi connectivity index (χ4n) is 2.39. The molecule has 116 valence electrons. The minimum absolute atomic E-state index is 0.0373. The summed E-state index contributed by atoms with van der Waals surface area (Å²) in [6, 6.07) is 4.95. The van der Waals surface area contributed by atoms with E-state index < -0.39 is 10.0 Å². The first kappa shape index (κ1) is 16.4. The van der Waals surface area contributed by atoms with E-state index in [1.165, 1.54) is 4.31 Å². The van der Waals surface area contributed by atoms with Crippen molar-refractivity contribution in [3.8, 4) is 0 Å². The normalized spacial score (nSPS) is 20.4. The Kier molecular flexibility index (Phi) is 4.98. The maximum absolute atomic E-state index is 12.8. The van der Waals surface area contributed by atoms with Gasteiger partial charge in [-0.25, -0.2) is 8.42 Å². The van der Waals surface area contributed by atoms with E-state index in [2.05, 4.69) is 0 Å². The lowest BCUT2D eigenvalue weighted by molar-refractivity contribution is -0.00278. The van der Waals surface area contributed by atoms with Gasteiger partial charge in [0, 0.05) is 18.7 Å². The van der Waals surface area contributed by atoms with E-state index in [0.717, 1.165) is 6.42 Å². The van der Waals surface area contributed by atoms with Crippen molar-refractivity contribution in [3.05, 3.63) is 29.3 Å². The van der Waals surface area contributed by atoms with E-state index in [1.807, 2.05) is 6.92 Å². The van der Waals surface area contributed by atoms with Crippen LogP contribution < -0.4 is 5.73 Å². The minimum Gasteiger partial charge on any atom is -0.389 e. The Morgan fingerprint density at radius 2 is 2.24 bits per heavy atom. The number of hydrogen-bond donors (Lipinski definition) is 1. The molecule has 2 N–H and O–H groups in total. The summed E-state index contributed by atoms with van der Waals surface area (Å²) in [6.07, 6.45) is 0.760. The number of aryl methyl sites for hydroxylation is 1. The summed E-state index contributed by atoms with van der Waals surface area (Å²) in [6.45, 7) is 4.96. The van der Waals surface area contributed by atoms with Gasteiger partial charge in [0.2, 0.25) is 10.0 Å². The smallest absolute Gasteiger partial charge is 0.243 e. The molecule has 2 rings (SSSR count). The molecule has 0 aromatic heterocycles. The number of rotatable bonds is 4. The van der Waals surface area contributed by atoms with E-state index in [-0.39, 0.29) is 11.1 Å². The van der Waals surface area contributed by atoms with Gasteiger partial charge in [0.15, 0.2) is 0 Å². The quantitative estimate of drug-likeness (QED) is 0.847. The molecule has 1 fully saturated rings. The van der Waals surface area contributed by atoms with Crippen molar-refractivity contribution in [2.24, 2.45) is 5.73 Å². The van der Waals surface area contributed by atoms with E-state index in [1.54, 1.807) is 25.1 Å². The second-order valence-electron chi connectivity index (χ2n) is 5.11. The van der Waals surface area contributed by atoms with Gasteiger partial charge in [-0.05, 0) is 31.0 Å². The SMILES string of the molecule is CCC1CN(S(=O)(=O)c2ccc(C(N)=S)cc2C)CCO1. The van der Waals surface area contributed by atoms with Crippen molar-refractivity contribution in [3.63, 3.8) is 0 Å². The van der Waals surface area contributed by atoms with Crippen LogP contribution in [0.3, 0.4) is 0 Å². The molecule has 0 radical (unpaired) electrons. The monoisotopic (exact) mass is 328 g/mol. The van der Waals surface area contributed by atoms with Crippen LogP contribution in [-0.4, -0.2) is 43.5 Å². The molecule has 0 spiro atoms. The van der Waals surface area contributed by atoms with Crippen LogP contribution in [0.15, 0.2) is 23.1 Å². The molecular weight excluding hydrogens is 308 g/mol. The predicted octanol–water partition coefficient (Wildman–Crippen LogP) is 1.43. The Hall–Kier alpha value is -1.02. The third-order valence-electron chi connectivity index (χ3n) is 3.63. The Morgan fingerprint density at radius 1 is 1.52 bits per heavy atom. The molecule has 21 heavy (non-hydrogen) atoms. The van der Waals surface area contributed by atoms with Gasteiger partial charge in [-0.3, -0.25) is 0 Å². The van der Waals surface area contributed by atoms with Crippen LogP contribution in [0.5, 0.6) is 0 Å². The maximum atomic E-state index is 12.8. The van der Waals surface area contributed by atoms with Gasteiger partial charge in [-0.15, -0.1) is 0 Å². The van der Waals surface area contributed by atoms with Gasteiger partial charge in [-0.1, -0.05) is 25.2 Å². The van der Waals surface area contributed by atoms with Gasteiger partial charge in [0.25, 0.3) is 0 Å². The van der Waals surface area contributed by atoms with Gasteiger partial charge in [0.05, 0.1) is 17.6 Å². The van der Waals surface area contributed by atoms with Crippen molar-refractivity contribution in [2.45, 2.75) is 31.3 Å². The molecule has 1 aromatic rings. The van der Waals surface area contributed by atoms with Gasteiger partial charge < -0.3 is 10.5 Å². The van der Waals surface area contributed by atoms with E-state index in [9.17, 15) is 8.42 Å². The summed E-state index contributed by atoms with van der Waals surface area (Å²) in [5.41, 5.74) is 6.90. The fraction of sp³-hybridized carbons (Fsp3) is 0.500. The van der Waals surface area contributed by atoms with E-state index in [4.69, 9.17) is 22.7 Å². The zero-order chi connectivity index (χ0) is 15.6. The molecule has 1 atom stereocenters. The van der Waals surface area contributed by atoms with Crippen LogP contribution in [0.1, 0.15) is 24.5 Å². The zero-order valence-electron chi connectivity index (χ0n) is 12.2. The Bertz CT molecular complexity index is 644. The van der Waals surface area contributed by atoms with Gasteiger partial charge >= 0.3 is 0 Å². The van der Waals surface area contributed by atoms with E-state index in [0.29, 0.717) is 35.7 Å². The Labute approximate surface area is 131 Å². The minimum atomic E-state index is -3.51. The highest BCUT2D eigenvalue weighted by molar-refractivity contribution is 7.89. The first-order chi connectivity index (χ1) is 9.86. The largest absolute Gasteiger partial charge is 0.389 e. The average molecular weight is 328 g/mol. The van der Waals surface area contributed by atoms with Crippen LogP contribution in [0, 0.1) is 6.92 Å². The first-order valence-corrected chi connectivity index (χ1v) is 8.73. The number of sulfonamides is 1. The second kappa shape index (κ2) is 6.39. The number of hydrogen-bond acceptors (Lipinski definition) is 4. The maximum Gasteiger partial charge on any atom is 0.243 e. The molecule has 1 aliphatic rings. The zero-order valence-corrected chi connectivity index (χ0v) is 13.8. The molecule has 0 bridgehead atoms. The van der Waals surface area contributed by atoms with Crippen molar-refractivity contribution < 1.29 is 13.2 Å². The van der Waals surface area contributed by atoms with Crippen molar-refractivity contribution >= 4 is 27.2 Å². The number of thiocarbonyl (C=S) groups is 1. The topological polar surface area (TPSA) is 72.6 Å². The lowest BCUT2D eigenvalue weighted by Gasteiger charge is -2.32. The third kappa shape index (κ3) is 3.42. The van der Waals surface area contributed by atoms with Crippen LogP contribution >= 0.6 is 12.2 Å². The van der Waals surface area contributed by atoms with Crippen LogP contribution in [-0.2, 0) is 14.8 Å². The molecule has 0 aliphatic carbocycles. The number of nitrogens with two attached hydrogens (primary N) is 1. The number of ether oxygens (including phenoxy) is 1. The Balaban J connectivity index is 2.33. The summed E-state index contributed by atoms with van der Waals surface area (Å²) in [7, 11) is -3.51. The number of nitrogens with zero attached hydrogens (tertiary/aromatic N) is 1.